The molecule has 2 aliphatic rings. The molecule has 3 aromatic rings. The summed E-state index contributed by atoms with van der Waals surface area (Å²) in [5.41, 5.74) is 4.21. The van der Waals surface area contributed by atoms with Gasteiger partial charge >= 0.3 is 0 Å². The lowest BCUT2D eigenvalue weighted by molar-refractivity contribution is 0.0950. The fourth-order valence-corrected chi connectivity index (χ4v) is 6.21. The Bertz CT molecular complexity index is 1360. The minimum atomic E-state index is -0.244. The Morgan fingerprint density at radius 1 is 1.22 bits per heavy atom. The number of rotatable bonds is 8. The van der Waals surface area contributed by atoms with E-state index in [0.29, 0.717) is 34.3 Å². The number of nitrogens with zero attached hydrogens (tertiary/aromatic N) is 2. The predicted molar refractivity (Wildman–Crippen MR) is 147 cm³/mol. The molecule has 0 spiro atoms. The predicted octanol–water partition coefficient (Wildman–Crippen LogP) is 4.96. The van der Waals surface area contributed by atoms with Crippen molar-refractivity contribution in [2.24, 2.45) is 11.3 Å². The molecule has 1 aliphatic heterocycles. The summed E-state index contributed by atoms with van der Waals surface area (Å²) in [7, 11) is 1.54. The van der Waals surface area contributed by atoms with Crippen LogP contribution in [0.1, 0.15) is 72.9 Å². The van der Waals surface area contributed by atoms with Gasteiger partial charge in [-0.05, 0) is 83.0 Å². The van der Waals surface area contributed by atoms with Crippen molar-refractivity contribution in [1.82, 2.24) is 19.8 Å². The van der Waals surface area contributed by atoms with Crippen LogP contribution in [0.25, 0.3) is 10.9 Å². The van der Waals surface area contributed by atoms with Crippen LogP contribution in [-0.2, 0) is 6.54 Å². The zero-order valence-electron chi connectivity index (χ0n) is 22.8. The van der Waals surface area contributed by atoms with Gasteiger partial charge in [-0.15, -0.1) is 0 Å². The molecular weight excluding hydrogens is 464 g/mol. The molecule has 1 aromatic carbocycles. The minimum absolute atomic E-state index is 0.101. The molecule has 5 rings (SSSR count). The van der Waals surface area contributed by atoms with E-state index in [2.05, 4.69) is 39.7 Å². The van der Waals surface area contributed by atoms with Crippen LogP contribution >= 0.6 is 0 Å². The van der Waals surface area contributed by atoms with Crippen molar-refractivity contribution in [1.29, 1.82) is 0 Å². The second kappa shape index (κ2) is 10.0. The Kier molecular flexibility index (Phi) is 6.92. The Morgan fingerprint density at radius 3 is 2.59 bits per heavy atom. The molecule has 1 saturated heterocycles. The van der Waals surface area contributed by atoms with Crippen LogP contribution in [0.5, 0.6) is 5.75 Å². The molecular formula is C30H40N4O3. The van der Waals surface area contributed by atoms with E-state index in [0.717, 1.165) is 35.4 Å². The molecule has 1 unspecified atom stereocenters. The number of nitrogens with one attached hydrogen (secondary N) is 2. The van der Waals surface area contributed by atoms with Crippen LogP contribution in [0.15, 0.2) is 35.1 Å². The molecule has 37 heavy (non-hydrogen) atoms. The molecule has 7 heteroatoms. The Hall–Kier alpha value is -3.06. The number of ether oxygens (including phenoxy) is 1. The fraction of sp³-hybridized carbons (Fsp3) is 0.533. The van der Waals surface area contributed by atoms with Crippen LogP contribution < -0.4 is 15.6 Å². The van der Waals surface area contributed by atoms with Crippen LogP contribution in [0, 0.1) is 25.2 Å². The minimum Gasteiger partial charge on any atom is -0.496 e. The van der Waals surface area contributed by atoms with Gasteiger partial charge in [-0.1, -0.05) is 25.1 Å². The van der Waals surface area contributed by atoms with Crippen LogP contribution in [0.4, 0.5) is 0 Å². The molecule has 3 heterocycles. The second-order valence-corrected chi connectivity index (χ2v) is 11.5. The highest BCUT2D eigenvalue weighted by molar-refractivity contribution is 6.08. The number of aryl methyl sites for hydroxylation is 1. The zero-order chi connectivity index (χ0) is 26.3. The van der Waals surface area contributed by atoms with Crippen molar-refractivity contribution in [2.45, 2.75) is 66.0 Å². The maximum absolute atomic E-state index is 13.5. The first kappa shape index (κ1) is 25.6. The smallest absolute Gasteiger partial charge is 0.256 e. The second-order valence-electron chi connectivity index (χ2n) is 11.5. The number of methoxy groups -OCH3 is 1. The van der Waals surface area contributed by atoms with E-state index in [1.54, 1.807) is 6.07 Å². The summed E-state index contributed by atoms with van der Waals surface area (Å²) in [6.45, 7) is 12.2. The molecule has 1 aliphatic carbocycles. The first-order valence-corrected chi connectivity index (χ1v) is 13.6. The number of H-pyrrole nitrogens is 1. The van der Waals surface area contributed by atoms with Crippen molar-refractivity contribution >= 4 is 16.8 Å². The maximum atomic E-state index is 13.5. The number of carbonyl (C=O) groups excluding carboxylic acids is 1. The van der Waals surface area contributed by atoms with Crippen LogP contribution in [0.2, 0.25) is 0 Å². The van der Waals surface area contributed by atoms with E-state index in [1.165, 1.54) is 39.3 Å². The summed E-state index contributed by atoms with van der Waals surface area (Å²) in [6, 6.07) is 10.2. The number of aromatic nitrogens is 2. The quantitative estimate of drug-likeness (QED) is 0.455. The first-order chi connectivity index (χ1) is 17.7. The van der Waals surface area contributed by atoms with Gasteiger partial charge in [0, 0.05) is 34.9 Å². The molecule has 2 aromatic heterocycles. The average Bonchev–Trinajstić information content (AvgIpc) is 3.52. The number of benzene rings is 1. The van der Waals surface area contributed by atoms with Crippen molar-refractivity contribution in [3.63, 3.8) is 0 Å². The number of fused-ring (bicyclic) bond motifs is 1. The van der Waals surface area contributed by atoms with E-state index in [1.807, 2.05) is 32.0 Å². The van der Waals surface area contributed by atoms with Gasteiger partial charge in [-0.2, -0.15) is 0 Å². The molecule has 0 bridgehead atoms. The molecule has 0 radical (unpaired) electrons. The van der Waals surface area contributed by atoms with Crippen molar-refractivity contribution in [2.75, 3.05) is 26.7 Å². The number of carbonyl (C=O) groups is 1. The Balaban J connectivity index is 1.37. The molecule has 1 saturated carbocycles. The third kappa shape index (κ3) is 5.06. The number of hydrogen-bond acceptors (Lipinski definition) is 4. The van der Waals surface area contributed by atoms with Crippen molar-refractivity contribution in [3.8, 4) is 5.75 Å². The molecule has 1 atom stereocenters. The third-order valence-corrected chi connectivity index (χ3v) is 8.69. The first-order valence-electron chi connectivity index (χ1n) is 13.6. The van der Waals surface area contributed by atoms with Gasteiger partial charge in [0.1, 0.15) is 5.75 Å². The molecule has 1 amide bonds. The number of piperidine rings is 1. The average molecular weight is 505 g/mol. The van der Waals surface area contributed by atoms with E-state index in [9.17, 15) is 9.59 Å². The van der Waals surface area contributed by atoms with Gasteiger partial charge < -0.3 is 24.5 Å². The monoisotopic (exact) mass is 504 g/mol. The number of hydrogen-bond donors (Lipinski definition) is 2. The van der Waals surface area contributed by atoms with E-state index >= 15 is 0 Å². The zero-order valence-corrected chi connectivity index (χ0v) is 22.8. The van der Waals surface area contributed by atoms with E-state index in [4.69, 9.17) is 4.74 Å². The highest BCUT2D eigenvalue weighted by Gasteiger charge is 2.39. The highest BCUT2D eigenvalue weighted by atomic mass is 16.5. The van der Waals surface area contributed by atoms with Gasteiger partial charge in [0.25, 0.3) is 11.5 Å². The molecule has 2 fully saturated rings. The normalized spacial score (nSPS) is 18.6. The van der Waals surface area contributed by atoms with Gasteiger partial charge in [-0.3, -0.25) is 9.59 Å². The lowest BCUT2D eigenvalue weighted by Gasteiger charge is -2.37. The topological polar surface area (TPSA) is 79.4 Å². The van der Waals surface area contributed by atoms with Gasteiger partial charge in [-0.25, -0.2) is 0 Å². The summed E-state index contributed by atoms with van der Waals surface area (Å²) in [5.74, 6) is 0.884. The lowest BCUT2D eigenvalue weighted by atomic mass is 9.89. The number of likely N-dealkylation sites (tertiary alicyclic amines) is 1. The van der Waals surface area contributed by atoms with Crippen LogP contribution in [0.3, 0.4) is 0 Å². The SMILES string of the molecule is COc1cc(C)[nH]c(=O)c1CNC(=O)c1c(C)n(C(C)C2CCN(CC3(C)CC3)CC2)c2ccccc12. The Morgan fingerprint density at radius 2 is 1.92 bits per heavy atom. The van der Waals surface area contributed by atoms with Crippen LogP contribution in [-0.4, -0.2) is 47.1 Å². The van der Waals surface area contributed by atoms with E-state index < -0.39 is 0 Å². The summed E-state index contributed by atoms with van der Waals surface area (Å²) in [5, 5.41) is 3.94. The Labute approximate surface area is 219 Å². The highest BCUT2D eigenvalue weighted by Crippen LogP contribution is 2.46. The van der Waals surface area contributed by atoms with Gasteiger partial charge in [0.05, 0.1) is 24.8 Å². The lowest BCUT2D eigenvalue weighted by Crippen LogP contribution is -2.39. The summed E-state index contributed by atoms with van der Waals surface area (Å²) in [6.07, 6.45) is 5.10. The number of para-hydroxylation sites is 1. The number of pyridine rings is 1. The van der Waals surface area contributed by atoms with E-state index in [-0.39, 0.29) is 18.0 Å². The molecule has 7 nitrogen and oxygen atoms in total. The number of amides is 1. The molecule has 198 valence electrons. The maximum Gasteiger partial charge on any atom is 0.256 e. The van der Waals surface area contributed by atoms with Crippen molar-refractivity contribution in [3.05, 3.63) is 63.2 Å². The standard InChI is InChI=1S/C30H40N4O3/c1-19-16-26(37-5)24(28(35)32-19)17-31-29(36)27-21(3)34(25-9-7-6-8-23(25)27)20(2)22-10-14-33(15-11-22)18-30(4)12-13-30/h6-9,16,20,22H,10-15,17-18H2,1-5H3,(H,31,36)(H,32,35). The third-order valence-electron chi connectivity index (χ3n) is 8.69. The summed E-state index contributed by atoms with van der Waals surface area (Å²) >= 11 is 0. The fourth-order valence-electron chi connectivity index (χ4n) is 6.21. The largest absolute Gasteiger partial charge is 0.496 e. The van der Waals surface area contributed by atoms with Gasteiger partial charge in [0.2, 0.25) is 0 Å². The summed E-state index contributed by atoms with van der Waals surface area (Å²) in [4.78, 5) is 31.5. The van der Waals surface area contributed by atoms with Gasteiger partial charge in [0.15, 0.2) is 0 Å². The number of aromatic amines is 1. The van der Waals surface area contributed by atoms with Crippen molar-refractivity contribution < 1.29 is 9.53 Å². The molecule has 2 N–H and O–H groups in total. The summed E-state index contributed by atoms with van der Waals surface area (Å²) < 4.78 is 7.77.